The van der Waals surface area contributed by atoms with Crippen molar-refractivity contribution in [3.8, 4) is 11.4 Å². The first-order valence-corrected chi connectivity index (χ1v) is 9.79. The molecule has 0 saturated heterocycles. The number of amides is 1. The Morgan fingerprint density at radius 1 is 1.14 bits per heavy atom. The summed E-state index contributed by atoms with van der Waals surface area (Å²) in [6, 6.07) is 10.6. The van der Waals surface area contributed by atoms with Gasteiger partial charge in [-0.2, -0.15) is 0 Å². The Hall–Kier alpha value is -3.39. The van der Waals surface area contributed by atoms with Crippen LogP contribution in [0.25, 0.3) is 22.3 Å². The van der Waals surface area contributed by atoms with Crippen molar-refractivity contribution in [3.05, 3.63) is 69.7 Å². The van der Waals surface area contributed by atoms with Gasteiger partial charge in [0.2, 0.25) is 0 Å². The third kappa shape index (κ3) is 2.87. The van der Waals surface area contributed by atoms with E-state index in [4.69, 9.17) is 0 Å². The number of fused-ring (bicyclic) bond motifs is 2. The van der Waals surface area contributed by atoms with E-state index in [2.05, 4.69) is 20.3 Å². The van der Waals surface area contributed by atoms with E-state index in [9.17, 15) is 9.59 Å². The first kappa shape index (κ1) is 16.8. The molecule has 1 aliphatic heterocycles. The minimum Gasteiger partial charge on any atom is -0.298 e. The second kappa shape index (κ2) is 6.65. The maximum atomic E-state index is 12.7. The molecule has 1 aliphatic rings. The Bertz CT molecular complexity index is 1260. The molecule has 4 heterocycles. The molecular weight excluding hydrogens is 374 g/mol. The average molecular weight is 389 g/mol. The van der Waals surface area contributed by atoms with Crippen molar-refractivity contribution in [2.24, 2.45) is 0 Å². The van der Waals surface area contributed by atoms with Crippen molar-refractivity contribution in [1.29, 1.82) is 0 Å². The SMILES string of the molecule is O=C(Nc1nc(-c2ccccn2)cs1)c1ccc2c(=O)n3c(nc2c1)CCC3. The van der Waals surface area contributed by atoms with Crippen LogP contribution < -0.4 is 10.9 Å². The number of rotatable bonds is 3. The monoisotopic (exact) mass is 389 g/mol. The first-order chi connectivity index (χ1) is 13.7. The predicted molar refractivity (Wildman–Crippen MR) is 108 cm³/mol. The summed E-state index contributed by atoms with van der Waals surface area (Å²) in [6.45, 7) is 0.710. The second-order valence-electron chi connectivity index (χ2n) is 6.53. The summed E-state index contributed by atoms with van der Waals surface area (Å²) in [5, 5.41) is 5.69. The Kier molecular flexibility index (Phi) is 3.98. The normalized spacial score (nSPS) is 12.9. The molecule has 4 aromatic rings. The number of carbonyl (C=O) groups is 1. The molecule has 0 atom stereocenters. The zero-order chi connectivity index (χ0) is 19.1. The van der Waals surface area contributed by atoms with E-state index in [0.717, 1.165) is 24.4 Å². The van der Waals surface area contributed by atoms with Crippen molar-refractivity contribution in [2.45, 2.75) is 19.4 Å². The van der Waals surface area contributed by atoms with Crippen LogP contribution in [0.4, 0.5) is 5.13 Å². The molecule has 3 aromatic heterocycles. The lowest BCUT2D eigenvalue weighted by atomic mass is 10.1. The molecule has 1 N–H and O–H groups in total. The first-order valence-electron chi connectivity index (χ1n) is 8.91. The number of nitrogens with one attached hydrogen (secondary N) is 1. The van der Waals surface area contributed by atoms with Crippen LogP contribution >= 0.6 is 11.3 Å². The Labute approximate surface area is 163 Å². The van der Waals surface area contributed by atoms with E-state index in [-0.39, 0.29) is 11.5 Å². The fraction of sp³-hybridized carbons (Fsp3) is 0.150. The molecule has 0 fully saturated rings. The fourth-order valence-electron chi connectivity index (χ4n) is 3.36. The van der Waals surface area contributed by atoms with Crippen LogP contribution in [-0.4, -0.2) is 25.4 Å². The van der Waals surface area contributed by atoms with Crippen LogP contribution in [0.2, 0.25) is 0 Å². The second-order valence-corrected chi connectivity index (χ2v) is 7.39. The van der Waals surface area contributed by atoms with Gasteiger partial charge in [-0.1, -0.05) is 6.07 Å². The smallest absolute Gasteiger partial charge is 0.261 e. The number of anilines is 1. The number of benzene rings is 1. The van der Waals surface area contributed by atoms with Crippen molar-refractivity contribution in [1.82, 2.24) is 19.5 Å². The molecule has 7 nitrogen and oxygen atoms in total. The zero-order valence-electron chi connectivity index (χ0n) is 14.8. The zero-order valence-corrected chi connectivity index (χ0v) is 15.6. The van der Waals surface area contributed by atoms with Gasteiger partial charge in [-0.3, -0.25) is 24.5 Å². The van der Waals surface area contributed by atoms with Gasteiger partial charge in [0.05, 0.1) is 16.6 Å². The van der Waals surface area contributed by atoms with Gasteiger partial charge in [-0.15, -0.1) is 11.3 Å². The molecule has 0 radical (unpaired) electrons. The van der Waals surface area contributed by atoms with Crippen molar-refractivity contribution < 1.29 is 4.79 Å². The summed E-state index contributed by atoms with van der Waals surface area (Å²) in [5.41, 5.74) is 2.42. The van der Waals surface area contributed by atoms with Crippen LogP contribution in [0.5, 0.6) is 0 Å². The molecule has 0 aliphatic carbocycles. The Balaban J connectivity index is 1.43. The number of pyridine rings is 1. The van der Waals surface area contributed by atoms with Gasteiger partial charge in [0, 0.05) is 30.1 Å². The lowest BCUT2D eigenvalue weighted by molar-refractivity contribution is 0.102. The third-order valence-electron chi connectivity index (χ3n) is 4.73. The molecule has 1 aromatic carbocycles. The number of aromatic nitrogens is 4. The summed E-state index contributed by atoms with van der Waals surface area (Å²) in [5.74, 6) is 0.501. The van der Waals surface area contributed by atoms with Gasteiger partial charge in [-0.25, -0.2) is 9.97 Å². The van der Waals surface area contributed by atoms with Crippen LogP contribution in [0.1, 0.15) is 22.6 Å². The minimum absolute atomic E-state index is 0.0376. The molecule has 28 heavy (non-hydrogen) atoms. The number of hydrogen-bond donors (Lipinski definition) is 1. The van der Waals surface area contributed by atoms with Gasteiger partial charge >= 0.3 is 0 Å². The Morgan fingerprint density at radius 3 is 2.93 bits per heavy atom. The maximum Gasteiger partial charge on any atom is 0.261 e. The van der Waals surface area contributed by atoms with Crippen LogP contribution in [0.15, 0.2) is 52.8 Å². The Morgan fingerprint density at radius 2 is 2.07 bits per heavy atom. The standard InChI is InChI=1S/C20H15N5O2S/c26-18(24-20-23-16(11-28-20)14-4-1-2-8-21-14)12-6-7-13-15(10-12)22-17-5-3-9-25(17)19(13)27/h1-2,4,6-8,10-11H,3,5,9H2,(H,23,24,26). The highest BCUT2D eigenvalue weighted by atomic mass is 32.1. The summed E-state index contributed by atoms with van der Waals surface area (Å²) >= 11 is 1.34. The van der Waals surface area contributed by atoms with Crippen molar-refractivity contribution >= 4 is 33.3 Å². The van der Waals surface area contributed by atoms with E-state index >= 15 is 0 Å². The highest BCUT2D eigenvalue weighted by molar-refractivity contribution is 7.14. The van der Waals surface area contributed by atoms with Gasteiger partial charge in [0.1, 0.15) is 11.5 Å². The highest BCUT2D eigenvalue weighted by Crippen LogP contribution is 2.24. The lowest BCUT2D eigenvalue weighted by Gasteiger charge is -2.07. The topological polar surface area (TPSA) is 89.8 Å². The molecular formula is C20H15N5O2S. The summed E-state index contributed by atoms with van der Waals surface area (Å²) in [7, 11) is 0. The molecule has 0 saturated carbocycles. The van der Waals surface area contributed by atoms with E-state index < -0.39 is 0 Å². The summed E-state index contributed by atoms with van der Waals surface area (Å²) in [6.07, 6.45) is 3.42. The average Bonchev–Trinajstić information content (AvgIpc) is 3.38. The summed E-state index contributed by atoms with van der Waals surface area (Å²) < 4.78 is 1.72. The van der Waals surface area contributed by atoms with E-state index in [0.29, 0.717) is 33.8 Å². The number of aryl methyl sites for hydroxylation is 1. The van der Waals surface area contributed by atoms with Gasteiger partial charge in [0.15, 0.2) is 5.13 Å². The number of nitrogens with zero attached hydrogens (tertiary/aromatic N) is 4. The van der Waals surface area contributed by atoms with Gasteiger partial charge in [-0.05, 0) is 36.8 Å². The largest absolute Gasteiger partial charge is 0.298 e. The van der Waals surface area contributed by atoms with Crippen molar-refractivity contribution in [3.63, 3.8) is 0 Å². The van der Waals surface area contributed by atoms with Crippen LogP contribution in [0.3, 0.4) is 0 Å². The molecule has 0 bridgehead atoms. The van der Waals surface area contributed by atoms with E-state index in [1.165, 1.54) is 11.3 Å². The fourth-order valence-corrected chi connectivity index (χ4v) is 4.06. The molecule has 5 rings (SSSR count). The lowest BCUT2D eigenvalue weighted by Crippen LogP contribution is -2.21. The highest BCUT2D eigenvalue weighted by Gasteiger charge is 2.17. The number of carbonyl (C=O) groups excluding carboxylic acids is 1. The van der Waals surface area contributed by atoms with Gasteiger partial charge in [0.25, 0.3) is 11.5 Å². The molecule has 0 unspecified atom stereocenters. The quantitative estimate of drug-likeness (QED) is 0.581. The molecule has 138 valence electrons. The molecule has 8 heteroatoms. The van der Waals surface area contributed by atoms with Crippen molar-refractivity contribution in [2.75, 3.05) is 5.32 Å². The molecule has 0 spiro atoms. The van der Waals surface area contributed by atoms with Crippen LogP contribution in [-0.2, 0) is 13.0 Å². The van der Waals surface area contributed by atoms with Crippen LogP contribution in [0, 0.1) is 0 Å². The molecule has 1 amide bonds. The number of hydrogen-bond acceptors (Lipinski definition) is 6. The maximum absolute atomic E-state index is 12.7. The van der Waals surface area contributed by atoms with Gasteiger partial charge < -0.3 is 0 Å². The van der Waals surface area contributed by atoms with E-state index in [1.54, 1.807) is 29.0 Å². The number of thiazole rings is 1. The predicted octanol–water partition coefficient (Wildman–Crippen LogP) is 3.11. The summed E-state index contributed by atoms with van der Waals surface area (Å²) in [4.78, 5) is 38.4. The van der Waals surface area contributed by atoms with E-state index in [1.807, 2.05) is 23.6 Å². The minimum atomic E-state index is -0.286. The third-order valence-corrected chi connectivity index (χ3v) is 5.49.